The molecule has 0 saturated carbocycles. The van der Waals surface area contributed by atoms with Gasteiger partial charge in [-0.15, -0.1) is 0 Å². The Morgan fingerprint density at radius 2 is 1.94 bits per heavy atom. The normalized spacial score (nSPS) is 19.7. The van der Waals surface area contributed by atoms with Crippen molar-refractivity contribution in [2.45, 2.75) is 18.6 Å². The van der Waals surface area contributed by atoms with Crippen LogP contribution in [0.4, 0.5) is 0 Å². The first-order valence-electron chi connectivity index (χ1n) is 5.46. The SMILES string of the molecule is N[C@H](C(=O)N1CC[C@H](O)C1)c1ccccc1.S.S. The van der Waals surface area contributed by atoms with Crippen molar-refractivity contribution in [2.75, 3.05) is 13.1 Å². The van der Waals surface area contributed by atoms with E-state index in [0.717, 1.165) is 5.56 Å². The number of nitrogens with two attached hydrogens (primary N) is 1. The van der Waals surface area contributed by atoms with E-state index < -0.39 is 12.1 Å². The standard InChI is InChI=1S/C12H16N2O2.2H2S/c13-11(9-4-2-1-3-5-9)12(16)14-7-6-10(15)8-14;;/h1-5,10-11,15H,6-8,13H2;2*1H2/t10-,11-;;/m0../s1. The predicted octanol–water partition coefficient (Wildman–Crippen LogP) is 0.505. The lowest BCUT2D eigenvalue weighted by Gasteiger charge is -2.20. The van der Waals surface area contributed by atoms with Crippen LogP contribution in [0.5, 0.6) is 0 Å². The molecule has 6 heteroatoms. The van der Waals surface area contributed by atoms with E-state index in [1.165, 1.54) is 0 Å². The number of benzene rings is 1. The molecule has 18 heavy (non-hydrogen) atoms. The summed E-state index contributed by atoms with van der Waals surface area (Å²) in [4.78, 5) is 13.6. The molecule has 1 aromatic carbocycles. The van der Waals surface area contributed by atoms with Crippen LogP contribution in [-0.4, -0.2) is 35.1 Å². The van der Waals surface area contributed by atoms with Crippen molar-refractivity contribution in [3.05, 3.63) is 35.9 Å². The molecule has 1 amide bonds. The quantitative estimate of drug-likeness (QED) is 0.833. The maximum absolute atomic E-state index is 12.0. The number of hydrogen-bond acceptors (Lipinski definition) is 3. The van der Waals surface area contributed by atoms with E-state index in [4.69, 9.17) is 5.73 Å². The van der Waals surface area contributed by atoms with Gasteiger partial charge in [0.05, 0.1) is 6.10 Å². The Morgan fingerprint density at radius 1 is 1.33 bits per heavy atom. The third-order valence-corrected chi connectivity index (χ3v) is 2.90. The third kappa shape index (κ3) is 3.91. The van der Waals surface area contributed by atoms with Crippen LogP contribution in [0, 0.1) is 0 Å². The Morgan fingerprint density at radius 3 is 2.44 bits per heavy atom. The van der Waals surface area contributed by atoms with Gasteiger partial charge in [0.2, 0.25) is 5.91 Å². The van der Waals surface area contributed by atoms with Crippen molar-refractivity contribution in [1.29, 1.82) is 0 Å². The minimum absolute atomic E-state index is 0. The van der Waals surface area contributed by atoms with Crippen LogP contribution in [0.1, 0.15) is 18.0 Å². The number of amides is 1. The minimum Gasteiger partial charge on any atom is -0.391 e. The number of carbonyl (C=O) groups is 1. The number of rotatable bonds is 2. The highest BCUT2D eigenvalue weighted by molar-refractivity contribution is 7.59. The lowest BCUT2D eigenvalue weighted by molar-refractivity contribution is -0.132. The van der Waals surface area contributed by atoms with Crippen LogP contribution >= 0.6 is 27.0 Å². The Kier molecular flexibility index (Phi) is 7.39. The molecule has 1 aliphatic heterocycles. The second kappa shape index (κ2) is 7.68. The van der Waals surface area contributed by atoms with Gasteiger partial charge in [-0.25, -0.2) is 0 Å². The highest BCUT2D eigenvalue weighted by Gasteiger charge is 2.28. The van der Waals surface area contributed by atoms with Crippen LogP contribution in [0.15, 0.2) is 30.3 Å². The van der Waals surface area contributed by atoms with Crippen LogP contribution in [0.25, 0.3) is 0 Å². The van der Waals surface area contributed by atoms with Crippen LogP contribution in [0.3, 0.4) is 0 Å². The van der Waals surface area contributed by atoms with Crippen LogP contribution < -0.4 is 5.73 Å². The van der Waals surface area contributed by atoms with Crippen LogP contribution in [-0.2, 0) is 4.79 Å². The number of hydrogen-bond donors (Lipinski definition) is 2. The van der Waals surface area contributed by atoms with E-state index in [1.54, 1.807) is 4.90 Å². The molecule has 1 aliphatic rings. The Hall–Kier alpha value is -0.690. The van der Waals surface area contributed by atoms with Gasteiger partial charge in [-0.3, -0.25) is 4.79 Å². The molecule has 0 bridgehead atoms. The van der Waals surface area contributed by atoms with E-state index >= 15 is 0 Å². The molecule has 0 radical (unpaired) electrons. The van der Waals surface area contributed by atoms with Gasteiger partial charge in [0.1, 0.15) is 6.04 Å². The van der Waals surface area contributed by atoms with Crippen molar-refractivity contribution in [3.63, 3.8) is 0 Å². The van der Waals surface area contributed by atoms with Crippen molar-refractivity contribution in [2.24, 2.45) is 5.73 Å². The van der Waals surface area contributed by atoms with Crippen molar-refractivity contribution in [3.8, 4) is 0 Å². The number of aliphatic hydroxyl groups is 1. The Labute approximate surface area is 121 Å². The van der Waals surface area contributed by atoms with E-state index in [-0.39, 0.29) is 32.9 Å². The molecule has 0 aliphatic carbocycles. The molecule has 0 spiro atoms. The molecule has 2 atom stereocenters. The number of likely N-dealkylation sites (tertiary alicyclic amines) is 1. The zero-order chi connectivity index (χ0) is 11.5. The average molecular weight is 288 g/mol. The number of β-amino-alcohol motifs (C(OH)–C–C–N with tert-alkyl or cyclic N) is 1. The van der Waals surface area contributed by atoms with Crippen molar-refractivity contribution >= 4 is 32.9 Å². The maximum atomic E-state index is 12.0. The highest BCUT2D eigenvalue weighted by atomic mass is 32.1. The first-order valence-corrected chi connectivity index (χ1v) is 5.46. The van der Waals surface area contributed by atoms with Crippen LogP contribution in [0.2, 0.25) is 0 Å². The van der Waals surface area contributed by atoms with E-state index in [2.05, 4.69) is 0 Å². The minimum atomic E-state index is -0.619. The summed E-state index contributed by atoms with van der Waals surface area (Å²) in [6.07, 6.45) is 0.250. The van der Waals surface area contributed by atoms with E-state index in [1.807, 2.05) is 30.3 Å². The molecule has 1 aromatic rings. The van der Waals surface area contributed by atoms with Gasteiger partial charge in [-0.05, 0) is 12.0 Å². The molecular weight excluding hydrogens is 268 g/mol. The summed E-state index contributed by atoms with van der Waals surface area (Å²) < 4.78 is 0. The second-order valence-corrected chi connectivity index (χ2v) is 4.12. The molecule has 1 saturated heterocycles. The predicted molar refractivity (Wildman–Crippen MR) is 81.3 cm³/mol. The van der Waals surface area contributed by atoms with Crippen molar-refractivity contribution < 1.29 is 9.90 Å². The van der Waals surface area contributed by atoms with Gasteiger partial charge < -0.3 is 15.7 Å². The average Bonchev–Trinajstić information content (AvgIpc) is 2.75. The van der Waals surface area contributed by atoms with Gasteiger partial charge in [0.15, 0.2) is 0 Å². The largest absolute Gasteiger partial charge is 0.391 e. The monoisotopic (exact) mass is 288 g/mol. The van der Waals surface area contributed by atoms with Crippen molar-refractivity contribution in [1.82, 2.24) is 4.90 Å². The fraction of sp³-hybridized carbons (Fsp3) is 0.417. The summed E-state index contributed by atoms with van der Waals surface area (Å²) in [6.45, 7) is 1.000. The molecule has 2 rings (SSSR count). The molecule has 102 valence electrons. The smallest absolute Gasteiger partial charge is 0.244 e. The highest BCUT2D eigenvalue weighted by Crippen LogP contribution is 2.17. The maximum Gasteiger partial charge on any atom is 0.244 e. The first-order chi connectivity index (χ1) is 7.68. The molecule has 0 aromatic heterocycles. The summed E-state index contributed by atoms with van der Waals surface area (Å²) in [5.74, 6) is -0.109. The zero-order valence-electron chi connectivity index (χ0n) is 10.0. The van der Waals surface area contributed by atoms with Gasteiger partial charge >= 0.3 is 0 Å². The molecule has 1 fully saturated rings. The summed E-state index contributed by atoms with van der Waals surface area (Å²) in [6, 6.07) is 8.68. The second-order valence-electron chi connectivity index (χ2n) is 4.12. The molecule has 0 unspecified atom stereocenters. The fourth-order valence-corrected chi connectivity index (χ4v) is 1.94. The molecular formula is C12H20N2O2S2. The van der Waals surface area contributed by atoms with Gasteiger partial charge in [-0.1, -0.05) is 30.3 Å². The lowest BCUT2D eigenvalue weighted by atomic mass is 10.1. The van der Waals surface area contributed by atoms with Gasteiger partial charge in [-0.2, -0.15) is 27.0 Å². The molecule has 3 N–H and O–H groups in total. The fourth-order valence-electron chi connectivity index (χ4n) is 1.94. The van der Waals surface area contributed by atoms with E-state index in [0.29, 0.717) is 19.5 Å². The number of carbonyl (C=O) groups excluding carboxylic acids is 1. The summed E-state index contributed by atoms with van der Waals surface area (Å²) in [5.41, 5.74) is 6.70. The lowest BCUT2D eigenvalue weighted by Crippen LogP contribution is -2.37. The Balaban J connectivity index is 0.00000144. The zero-order valence-corrected chi connectivity index (χ0v) is 12.0. The summed E-state index contributed by atoms with van der Waals surface area (Å²) in [7, 11) is 0. The van der Waals surface area contributed by atoms with Gasteiger partial charge in [0.25, 0.3) is 0 Å². The Bertz CT molecular complexity index is 376. The van der Waals surface area contributed by atoms with E-state index in [9.17, 15) is 9.90 Å². The third-order valence-electron chi connectivity index (χ3n) is 2.90. The first kappa shape index (κ1) is 17.3. The summed E-state index contributed by atoms with van der Waals surface area (Å²) in [5, 5.41) is 9.37. The molecule has 1 heterocycles. The molecule has 4 nitrogen and oxygen atoms in total. The number of nitrogens with zero attached hydrogens (tertiary/aromatic N) is 1. The topological polar surface area (TPSA) is 66.6 Å². The van der Waals surface area contributed by atoms with Gasteiger partial charge in [0, 0.05) is 13.1 Å². The number of aliphatic hydroxyl groups excluding tert-OH is 1. The summed E-state index contributed by atoms with van der Waals surface area (Å²) >= 11 is 0.